The van der Waals surface area contributed by atoms with E-state index in [9.17, 15) is 30.0 Å². The Morgan fingerprint density at radius 1 is 0.946 bits per heavy atom. The number of aliphatic hydroxyl groups excluding tert-OH is 3. The molecule has 3 saturated heterocycles. The third kappa shape index (κ3) is 10.9. The summed E-state index contributed by atoms with van der Waals surface area (Å²) in [5.74, 6) is -4.71. The van der Waals surface area contributed by atoms with E-state index in [2.05, 4.69) is 10.5 Å². The van der Waals surface area contributed by atoms with Crippen molar-refractivity contribution in [3.63, 3.8) is 0 Å². The molecule has 16 heteroatoms. The van der Waals surface area contributed by atoms with E-state index in [1.54, 1.807) is 55.5 Å². The largest absolute Gasteiger partial charge is 0.459 e. The Balaban J connectivity index is 2.30. The summed E-state index contributed by atoms with van der Waals surface area (Å²) in [5, 5.41) is 50.1. The van der Waals surface area contributed by atoms with Crippen LogP contribution in [-0.2, 0) is 42.7 Å². The van der Waals surface area contributed by atoms with Crippen LogP contribution in [0.3, 0.4) is 0 Å². The fourth-order valence-corrected chi connectivity index (χ4v) is 8.88. The number of ether oxygens (including phenoxy) is 7. The van der Waals surface area contributed by atoms with Gasteiger partial charge in [-0.15, -0.1) is 0 Å². The molecular formula is C40H73N3O13. The Kier molecular flexibility index (Phi) is 17.3. The van der Waals surface area contributed by atoms with E-state index < -0.39 is 102 Å². The van der Waals surface area contributed by atoms with Crippen molar-refractivity contribution in [2.45, 2.75) is 179 Å². The van der Waals surface area contributed by atoms with Gasteiger partial charge in [0.25, 0.3) is 0 Å². The fraction of sp³-hybridized carbons (Fsp3) is 0.925. The van der Waals surface area contributed by atoms with Gasteiger partial charge in [0, 0.05) is 50.6 Å². The number of carbonyl (C=O) groups is 2. The van der Waals surface area contributed by atoms with Crippen molar-refractivity contribution in [3.8, 4) is 0 Å². The molecule has 3 fully saturated rings. The third-order valence-corrected chi connectivity index (χ3v) is 12.5. The number of likely N-dealkylation sites (N-methyl/N-ethyl adjacent to an activating group) is 1. The first-order chi connectivity index (χ1) is 26.0. The molecular weight excluding hydrogens is 730 g/mol. The van der Waals surface area contributed by atoms with E-state index >= 15 is 0 Å². The van der Waals surface area contributed by atoms with Crippen molar-refractivity contribution >= 4 is 18.0 Å². The Hall–Kier alpha value is -1.83. The van der Waals surface area contributed by atoms with Gasteiger partial charge in [-0.2, -0.15) is 5.10 Å². The highest BCUT2D eigenvalue weighted by atomic mass is 16.7. The second-order valence-electron chi connectivity index (χ2n) is 17.3. The van der Waals surface area contributed by atoms with Crippen LogP contribution in [-0.4, -0.2) is 162 Å². The summed E-state index contributed by atoms with van der Waals surface area (Å²) in [5.41, 5.74) is -1.71. The van der Waals surface area contributed by atoms with E-state index in [-0.39, 0.29) is 43.8 Å². The lowest BCUT2D eigenvalue weighted by molar-refractivity contribution is -0.320. The van der Waals surface area contributed by atoms with Gasteiger partial charge in [0.15, 0.2) is 12.6 Å². The molecule has 3 rings (SSSR count). The van der Waals surface area contributed by atoms with Crippen LogP contribution in [0.2, 0.25) is 0 Å². The first-order valence-electron chi connectivity index (χ1n) is 20.2. The molecule has 0 aromatic carbocycles. The zero-order valence-electron chi connectivity index (χ0n) is 36.1. The molecule has 0 spiro atoms. The van der Waals surface area contributed by atoms with E-state index in [0.29, 0.717) is 6.42 Å². The standard InChI is InChI=1S/C40H73N3O13/c1-15-28-40(10,49)33(46)23(4)30(44)21(2)19-39(9,51-17-16-42-41-11)35(56-37-31(45)27(43(12)13)18-22(3)52-37)24(5)32(25(6)36(48)54-28)55-29-20-38(8,50-14)34(47)26(7)53-29/h16,21-29,31-35,37,41,45-47,49H,15,17-20H2,1-14H3/b42-16+/t21-,22-,23+,24+,25-,26+,27+,28?,29+,31-,32?,33-,34+,35-,37+,38-,39-,40-/m1/s1. The maximum Gasteiger partial charge on any atom is 0.311 e. The summed E-state index contributed by atoms with van der Waals surface area (Å²) in [6.45, 7) is 17.0. The van der Waals surface area contributed by atoms with Crippen molar-refractivity contribution < 1.29 is 63.2 Å². The van der Waals surface area contributed by atoms with Crippen LogP contribution in [0.15, 0.2) is 5.10 Å². The molecule has 3 aliphatic heterocycles. The predicted octanol–water partition coefficient (Wildman–Crippen LogP) is 2.02. The molecule has 56 heavy (non-hydrogen) atoms. The van der Waals surface area contributed by atoms with Crippen molar-refractivity contribution in [2.24, 2.45) is 28.8 Å². The normalized spacial score (nSPS) is 46.4. The summed E-state index contributed by atoms with van der Waals surface area (Å²) >= 11 is 0. The lowest BCUT2D eigenvalue weighted by atomic mass is 9.73. The molecule has 3 heterocycles. The van der Waals surface area contributed by atoms with Gasteiger partial charge in [0.05, 0.1) is 54.2 Å². The van der Waals surface area contributed by atoms with Crippen LogP contribution >= 0.6 is 0 Å². The zero-order valence-corrected chi connectivity index (χ0v) is 36.1. The number of rotatable bonds is 11. The maximum atomic E-state index is 14.3. The van der Waals surface area contributed by atoms with Crippen molar-refractivity contribution in [2.75, 3.05) is 34.9 Å². The minimum absolute atomic E-state index is 0.0167. The zero-order chi connectivity index (χ0) is 42.5. The van der Waals surface area contributed by atoms with Crippen LogP contribution < -0.4 is 5.43 Å². The van der Waals surface area contributed by atoms with Gasteiger partial charge in [-0.3, -0.25) is 9.59 Å². The number of nitrogens with one attached hydrogen (secondary N) is 1. The van der Waals surface area contributed by atoms with Gasteiger partial charge in [-0.1, -0.05) is 27.7 Å². The summed E-state index contributed by atoms with van der Waals surface area (Å²) in [7, 11) is 6.89. The second kappa shape index (κ2) is 19.9. The number of carbonyl (C=O) groups excluding carboxylic acids is 2. The van der Waals surface area contributed by atoms with Crippen molar-refractivity contribution in [1.29, 1.82) is 0 Å². The number of esters is 1. The SMILES string of the molecule is CCC1OC(=O)[C@H](C)C(O[C@H]2C[C@@](C)(OC)[C@@H](O)[C@H](C)O2)[C@H](C)[C@@H](O[C@@H]2O[C@H](C)C[C@H](N(C)C)[C@H]2O)[C@](C)(OC/C=N/NC)C[C@@H](C)C(=O)[C@H](C)[C@@H](O)[C@]1(C)O. The number of hydrogen-bond donors (Lipinski definition) is 5. The topological polar surface area (TPSA) is 207 Å². The van der Waals surface area contributed by atoms with Crippen molar-refractivity contribution in [3.05, 3.63) is 0 Å². The van der Waals surface area contributed by atoms with Gasteiger partial charge < -0.3 is 63.9 Å². The van der Waals surface area contributed by atoms with E-state index in [1.807, 2.05) is 32.8 Å². The molecule has 0 radical (unpaired) electrons. The van der Waals surface area contributed by atoms with Crippen LogP contribution in [0.5, 0.6) is 0 Å². The van der Waals surface area contributed by atoms with Gasteiger partial charge in [-0.25, -0.2) is 0 Å². The highest BCUT2D eigenvalue weighted by molar-refractivity contribution is 5.83. The molecule has 18 atom stereocenters. The highest BCUT2D eigenvalue weighted by Gasteiger charge is 2.54. The van der Waals surface area contributed by atoms with Gasteiger partial charge in [0.2, 0.25) is 0 Å². The molecule has 0 aromatic rings. The molecule has 5 N–H and O–H groups in total. The average Bonchev–Trinajstić information content (AvgIpc) is 3.14. The van der Waals surface area contributed by atoms with Crippen molar-refractivity contribution in [1.82, 2.24) is 10.3 Å². The van der Waals surface area contributed by atoms with Crippen LogP contribution in [0.25, 0.3) is 0 Å². The predicted molar refractivity (Wildman–Crippen MR) is 208 cm³/mol. The molecule has 0 amide bonds. The molecule has 0 aliphatic carbocycles. The minimum Gasteiger partial charge on any atom is -0.459 e. The Labute approximate surface area is 333 Å². The number of ketones is 1. The third-order valence-electron chi connectivity index (χ3n) is 12.5. The van der Waals surface area contributed by atoms with Gasteiger partial charge in [-0.05, 0) is 74.9 Å². The van der Waals surface area contributed by atoms with Gasteiger partial charge >= 0.3 is 5.97 Å². The smallest absolute Gasteiger partial charge is 0.311 e. The van der Waals surface area contributed by atoms with E-state index in [0.717, 1.165) is 0 Å². The maximum absolute atomic E-state index is 14.3. The Morgan fingerprint density at radius 2 is 1.59 bits per heavy atom. The lowest BCUT2D eigenvalue weighted by Gasteiger charge is -2.50. The number of nitrogens with zero attached hydrogens (tertiary/aromatic N) is 2. The molecule has 3 aliphatic rings. The molecule has 16 nitrogen and oxygen atoms in total. The summed E-state index contributed by atoms with van der Waals surface area (Å²) in [6.07, 6.45) is -7.69. The number of methoxy groups -OCH3 is 1. The van der Waals surface area contributed by atoms with E-state index in [1.165, 1.54) is 20.2 Å². The van der Waals surface area contributed by atoms with E-state index in [4.69, 9.17) is 33.2 Å². The number of cyclic esters (lactones) is 1. The lowest BCUT2D eigenvalue weighted by Crippen LogP contribution is -2.61. The first-order valence-corrected chi connectivity index (χ1v) is 20.2. The number of Topliss-reactive ketones (excluding diaryl/α,β-unsaturated/α-hetero) is 1. The summed E-state index contributed by atoms with van der Waals surface area (Å²) in [4.78, 5) is 30.4. The second-order valence-corrected chi connectivity index (χ2v) is 17.3. The molecule has 0 bridgehead atoms. The molecule has 0 aromatic heterocycles. The monoisotopic (exact) mass is 804 g/mol. The molecule has 2 unspecified atom stereocenters. The number of aliphatic hydroxyl groups is 4. The number of hydrogen-bond acceptors (Lipinski definition) is 16. The first kappa shape index (κ1) is 48.5. The highest BCUT2D eigenvalue weighted by Crippen LogP contribution is 2.42. The summed E-state index contributed by atoms with van der Waals surface area (Å²) in [6, 6.07) is -0.315. The Bertz CT molecular complexity index is 1310. The van der Waals surface area contributed by atoms with Crippen LogP contribution in [0, 0.1) is 23.7 Å². The summed E-state index contributed by atoms with van der Waals surface area (Å²) < 4.78 is 44.6. The van der Waals surface area contributed by atoms with Crippen LogP contribution in [0.4, 0.5) is 0 Å². The average molecular weight is 804 g/mol. The quantitative estimate of drug-likeness (QED) is 0.115. The van der Waals surface area contributed by atoms with Gasteiger partial charge in [0.1, 0.15) is 29.7 Å². The van der Waals surface area contributed by atoms with Crippen LogP contribution in [0.1, 0.15) is 94.9 Å². The molecule has 0 saturated carbocycles. The molecule has 326 valence electrons. The minimum atomic E-state index is -1.99. The number of hydrazone groups is 1. The Morgan fingerprint density at radius 3 is 2.16 bits per heavy atom. The fourth-order valence-electron chi connectivity index (χ4n) is 8.88.